The SMILES string of the molecule is COc1cccc(CNc2ccccc2Cl)n1. The summed E-state index contributed by atoms with van der Waals surface area (Å²) in [6.45, 7) is 0.612. The number of rotatable bonds is 4. The van der Waals surface area contributed by atoms with Gasteiger partial charge >= 0.3 is 0 Å². The third-order valence-electron chi connectivity index (χ3n) is 2.32. The van der Waals surface area contributed by atoms with Crippen molar-refractivity contribution in [2.45, 2.75) is 6.54 Å². The second-order valence-corrected chi connectivity index (χ2v) is 3.91. The Kier molecular flexibility index (Phi) is 3.83. The maximum absolute atomic E-state index is 6.04. The van der Waals surface area contributed by atoms with Crippen LogP contribution >= 0.6 is 11.6 Å². The van der Waals surface area contributed by atoms with Crippen molar-refractivity contribution >= 4 is 17.3 Å². The van der Waals surface area contributed by atoms with Crippen LogP contribution in [0.2, 0.25) is 5.02 Å². The summed E-state index contributed by atoms with van der Waals surface area (Å²) in [5, 5.41) is 3.93. The number of aromatic nitrogens is 1. The Labute approximate surface area is 105 Å². The number of para-hydroxylation sites is 1. The van der Waals surface area contributed by atoms with Crippen molar-refractivity contribution in [3.8, 4) is 5.88 Å². The molecule has 2 rings (SSSR count). The maximum atomic E-state index is 6.04. The number of methoxy groups -OCH3 is 1. The Hall–Kier alpha value is -1.74. The second kappa shape index (κ2) is 5.55. The van der Waals surface area contributed by atoms with Crippen LogP contribution in [0.1, 0.15) is 5.69 Å². The molecule has 3 nitrogen and oxygen atoms in total. The molecule has 1 aromatic carbocycles. The molecule has 0 aliphatic carbocycles. The van der Waals surface area contributed by atoms with Crippen LogP contribution < -0.4 is 10.1 Å². The molecule has 0 amide bonds. The lowest BCUT2D eigenvalue weighted by molar-refractivity contribution is 0.396. The first kappa shape index (κ1) is 11.7. The zero-order valence-corrected chi connectivity index (χ0v) is 10.2. The van der Waals surface area contributed by atoms with E-state index in [4.69, 9.17) is 16.3 Å². The largest absolute Gasteiger partial charge is 0.481 e. The van der Waals surface area contributed by atoms with Gasteiger partial charge in [-0.1, -0.05) is 29.8 Å². The second-order valence-electron chi connectivity index (χ2n) is 3.50. The van der Waals surface area contributed by atoms with Gasteiger partial charge in [-0.05, 0) is 18.2 Å². The summed E-state index contributed by atoms with van der Waals surface area (Å²) in [5.41, 5.74) is 1.81. The minimum absolute atomic E-state index is 0.612. The van der Waals surface area contributed by atoms with Gasteiger partial charge in [0.25, 0.3) is 0 Å². The molecule has 0 spiro atoms. The molecule has 2 aromatic rings. The van der Waals surface area contributed by atoms with Crippen molar-refractivity contribution in [3.63, 3.8) is 0 Å². The first-order valence-electron chi connectivity index (χ1n) is 5.28. The van der Waals surface area contributed by atoms with Gasteiger partial charge in [-0.25, -0.2) is 4.98 Å². The fourth-order valence-electron chi connectivity index (χ4n) is 1.46. The number of benzene rings is 1. The van der Waals surface area contributed by atoms with Gasteiger partial charge in [0.15, 0.2) is 0 Å². The zero-order valence-electron chi connectivity index (χ0n) is 9.48. The first-order valence-corrected chi connectivity index (χ1v) is 5.66. The number of pyridine rings is 1. The van der Waals surface area contributed by atoms with Crippen LogP contribution in [0.5, 0.6) is 5.88 Å². The number of nitrogens with one attached hydrogen (secondary N) is 1. The average molecular weight is 249 g/mol. The van der Waals surface area contributed by atoms with Gasteiger partial charge in [-0.2, -0.15) is 0 Å². The van der Waals surface area contributed by atoms with E-state index in [0.717, 1.165) is 11.4 Å². The fraction of sp³-hybridized carbons (Fsp3) is 0.154. The number of hydrogen-bond donors (Lipinski definition) is 1. The Morgan fingerprint density at radius 2 is 2.00 bits per heavy atom. The molecule has 0 unspecified atom stereocenters. The van der Waals surface area contributed by atoms with Gasteiger partial charge in [-0.15, -0.1) is 0 Å². The summed E-state index contributed by atoms with van der Waals surface area (Å²) in [4.78, 5) is 4.31. The topological polar surface area (TPSA) is 34.1 Å². The lowest BCUT2D eigenvalue weighted by Crippen LogP contribution is -2.02. The van der Waals surface area contributed by atoms with Gasteiger partial charge in [0.05, 0.1) is 30.1 Å². The van der Waals surface area contributed by atoms with Crippen LogP contribution in [0.25, 0.3) is 0 Å². The number of nitrogens with zero attached hydrogens (tertiary/aromatic N) is 1. The number of anilines is 1. The van der Waals surface area contributed by atoms with E-state index in [1.165, 1.54) is 0 Å². The van der Waals surface area contributed by atoms with E-state index in [-0.39, 0.29) is 0 Å². The van der Waals surface area contributed by atoms with Crippen LogP contribution in [0.4, 0.5) is 5.69 Å². The zero-order chi connectivity index (χ0) is 12.1. The van der Waals surface area contributed by atoms with Crippen molar-refractivity contribution in [2.75, 3.05) is 12.4 Å². The first-order chi connectivity index (χ1) is 8.29. The Bertz CT molecular complexity index is 502. The molecule has 17 heavy (non-hydrogen) atoms. The third-order valence-corrected chi connectivity index (χ3v) is 2.65. The van der Waals surface area contributed by atoms with E-state index in [0.29, 0.717) is 17.4 Å². The molecular formula is C13H13ClN2O. The number of halogens is 1. The molecule has 1 aromatic heterocycles. The highest BCUT2D eigenvalue weighted by Gasteiger charge is 2.00. The van der Waals surface area contributed by atoms with E-state index in [9.17, 15) is 0 Å². The Morgan fingerprint density at radius 3 is 2.76 bits per heavy atom. The van der Waals surface area contributed by atoms with Crippen molar-refractivity contribution in [1.29, 1.82) is 0 Å². The van der Waals surface area contributed by atoms with Crippen molar-refractivity contribution in [2.24, 2.45) is 0 Å². The standard InChI is InChI=1S/C13H13ClN2O/c1-17-13-8-4-5-10(16-13)9-15-12-7-3-2-6-11(12)14/h2-8,15H,9H2,1H3. The molecule has 0 radical (unpaired) electrons. The molecule has 4 heteroatoms. The normalized spacial score (nSPS) is 10.0. The summed E-state index contributed by atoms with van der Waals surface area (Å²) in [5.74, 6) is 0.614. The van der Waals surface area contributed by atoms with Gasteiger partial charge in [-0.3, -0.25) is 0 Å². The maximum Gasteiger partial charge on any atom is 0.213 e. The van der Waals surface area contributed by atoms with E-state index >= 15 is 0 Å². The monoisotopic (exact) mass is 248 g/mol. The molecule has 0 saturated carbocycles. The number of ether oxygens (including phenoxy) is 1. The molecule has 88 valence electrons. The van der Waals surface area contributed by atoms with E-state index in [1.54, 1.807) is 7.11 Å². The summed E-state index contributed by atoms with van der Waals surface area (Å²) in [7, 11) is 1.60. The van der Waals surface area contributed by atoms with Gasteiger partial charge in [0, 0.05) is 6.07 Å². The molecule has 1 N–H and O–H groups in total. The lowest BCUT2D eigenvalue weighted by Gasteiger charge is -2.08. The molecule has 0 aliphatic rings. The van der Waals surface area contributed by atoms with Crippen LogP contribution in [-0.4, -0.2) is 12.1 Å². The molecule has 0 fully saturated rings. The van der Waals surface area contributed by atoms with Crippen LogP contribution in [0.15, 0.2) is 42.5 Å². The van der Waals surface area contributed by atoms with E-state index in [1.807, 2.05) is 42.5 Å². The highest BCUT2D eigenvalue weighted by molar-refractivity contribution is 6.33. The molecule has 0 aliphatic heterocycles. The van der Waals surface area contributed by atoms with E-state index in [2.05, 4.69) is 10.3 Å². The number of hydrogen-bond acceptors (Lipinski definition) is 3. The fourth-order valence-corrected chi connectivity index (χ4v) is 1.66. The smallest absolute Gasteiger partial charge is 0.213 e. The quantitative estimate of drug-likeness (QED) is 0.901. The van der Waals surface area contributed by atoms with Gasteiger partial charge < -0.3 is 10.1 Å². The van der Waals surface area contributed by atoms with Crippen molar-refractivity contribution < 1.29 is 4.74 Å². The van der Waals surface area contributed by atoms with Crippen molar-refractivity contribution in [3.05, 3.63) is 53.2 Å². The summed E-state index contributed by atoms with van der Waals surface area (Å²) in [6.07, 6.45) is 0. The molecule has 0 atom stereocenters. The average Bonchev–Trinajstić information content (AvgIpc) is 2.38. The van der Waals surface area contributed by atoms with Crippen LogP contribution in [0, 0.1) is 0 Å². The van der Waals surface area contributed by atoms with Crippen LogP contribution in [0.3, 0.4) is 0 Å². The molecular weight excluding hydrogens is 236 g/mol. The third kappa shape index (κ3) is 3.11. The molecule has 1 heterocycles. The van der Waals surface area contributed by atoms with E-state index < -0.39 is 0 Å². The predicted octanol–water partition coefficient (Wildman–Crippen LogP) is 3.36. The summed E-state index contributed by atoms with van der Waals surface area (Å²) >= 11 is 6.04. The lowest BCUT2D eigenvalue weighted by atomic mass is 10.3. The highest BCUT2D eigenvalue weighted by atomic mass is 35.5. The summed E-state index contributed by atoms with van der Waals surface area (Å²) in [6, 6.07) is 13.3. The highest BCUT2D eigenvalue weighted by Crippen LogP contribution is 2.21. The summed E-state index contributed by atoms with van der Waals surface area (Å²) < 4.78 is 5.07. The minimum atomic E-state index is 0.612. The minimum Gasteiger partial charge on any atom is -0.481 e. The van der Waals surface area contributed by atoms with Crippen LogP contribution in [-0.2, 0) is 6.54 Å². The predicted molar refractivity (Wildman–Crippen MR) is 69.6 cm³/mol. The van der Waals surface area contributed by atoms with Gasteiger partial charge in [0.2, 0.25) is 5.88 Å². The van der Waals surface area contributed by atoms with Crippen molar-refractivity contribution in [1.82, 2.24) is 4.98 Å². The molecule has 0 saturated heterocycles. The molecule has 0 bridgehead atoms. The Balaban J connectivity index is 2.05. The van der Waals surface area contributed by atoms with Gasteiger partial charge in [0.1, 0.15) is 0 Å². The Morgan fingerprint density at radius 1 is 1.18 bits per heavy atom.